The molecule has 1 amide bonds. The molecule has 0 spiro atoms. The number of nitrogens with one attached hydrogen (secondary N) is 1. The number of hydrogen-bond acceptors (Lipinski definition) is 4. The zero-order valence-electron chi connectivity index (χ0n) is 9.73. The van der Waals surface area contributed by atoms with E-state index < -0.39 is 5.97 Å². The number of methoxy groups -OCH3 is 1. The number of carboxylic acid groups (broad SMARTS) is 1. The van der Waals surface area contributed by atoms with Crippen molar-refractivity contribution in [3.05, 3.63) is 21.9 Å². The van der Waals surface area contributed by atoms with Crippen LogP contribution in [0, 0.1) is 0 Å². The van der Waals surface area contributed by atoms with E-state index in [2.05, 4.69) is 5.32 Å². The van der Waals surface area contributed by atoms with Crippen LogP contribution >= 0.6 is 11.3 Å². The van der Waals surface area contributed by atoms with E-state index in [1.807, 2.05) is 6.92 Å². The minimum absolute atomic E-state index is 0.00201. The van der Waals surface area contributed by atoms with E-state index in [0.29, 0.717) is 11.5 Å². The highest BCUT2D eigenvalue weighted by molar-refractivity contribution is 7.15. The number of rotatable bonds is 6. The van der Waals surface area contributed by atoms with Crippen molar-refractivity contribution in [1.82, 2.24) is 5.32 Å². The molecule has 0 aromatic carbocycles. The SMILES string of the molecule is COCCC(C)NC(=O)c1ccc(C(=O)O)s1. The fourth-order valence-electron chi connectivity index (χ4n) is 1.24. The Bertz CT molecular complexity index is 402. The first-order chi connectivity index (χ1) is 8.04. The molecule has 6 heteroatoms. The second-order valence-corrected chi connectivity index (χ2v) is 4.71. The molecule has 1 atom stereocenters. The lowest BCUT2D eigenvalue weighted by atomic mass is 10.2. The van der Waals surface area contributed by atoms with E-state index in [4.69, 9.17) is 9.84 Å². The second kappa shape index (κ2) is 6.36. The molecular weight excluding hydrogens is 242 g/mol. The molecule has 2 N–H and O–H groups in total. The highest BCUT2D eigenvalue weighted by Gasteiger charge is 2.14. The molecule has 94 valence electrons. The smallest absolute Gasteiger partial charge is 0.345 e. The Morgan fingerprint density at radius 1 is 1.47 bits per heavy atom. The van der Waals surface area contributed by atoms with Crippen LogP contribution in [0.5, 0.6) is 0 Å². The van der Waals surface area contributed by atoms with E-state index in [9.17, 15) is 9.59 Å². The summed E-state index contributed by atoms with van der Waals surface area (Å²) in [5.41, 5.74) is 0. The van der Waals surface area contributed by atoms with Gasteiger partial charge in [0.15, 0.2) is 0 Å². The van der Waals surface area contributed by atoms with Gasteiger partial charge < -0.3 is 15.2 Å². The Hall–Kier alpha value is -1.40. The zero-order valence-corrected chi connectivity index (χ0v) is 10.5. The molecular formula is C11H15NO4S. The first-order valence-electron chi connectivity index (χ1n) is 5.17. The number of ether oxygens (including phenoxy) is 1. The molecule has 0 bridgehead atoms. The third-order valence-corrected chi connectivity index (χ3v) is 3.25. The van der Waals surface area contributed by atoms with Crippen LogP contribution in [0.4, 0.5) is 0 Å². The normalized spacial score (nSPS) is 12.1. The number of hydrogen-bond donors (Lipinski definition) is 2. The van der Waals surface area contributed by atoms with Gasteiger partial charge in [0.05, 0.1) is 4.88 Å². The van der Waals surface area contributed by atoms with Crippen molar-refractivity contribution in [2.45, 2.75) is 19.4 Å². The summed E-state index contributed by atoms with van der Waals surface area (Å²) in [7, 11) is 1.60. The Labute approximate surface area is 103 Å². The number of carbonyl (C=O) groups excluding carboxylic acids is 1. The number of amides is 1. The molecule has 1 unspecified atom stereocenters. The van der Waals surface area contributed by atoms with E-state index in [0.717, 1.165) is 17.8 Å². The van der Waals surface area contributed by atoms with Gasteiger partial charge in [-0.3, -0.25) is 4.79 Å². The van der Waals surface area contributed by atoms with Gasteiger partial charge in [0.25, 0.3) is 5.91 Å². The van der Waals surface area contributed by atoms with Gasteiger partial charge in [0, 0.05) is 19.8 Å². The minimum atomic E-state index is -1.01. The van der Waals surface area contributed by atoms with Crippen LogP contribution in [-0.2, 0) is 4.74 Å². The number of carboxylic acids is 1. The maximum atomic E-state index is 11.7. The fourth-order valence-corrected chi connectivity index (χ4v) is 1.98. The Balaban J connectivity index is 2.54. The van der Waals surface area contributed by atoms with E-state index >= 15 is 0 Å². The Morgan fingerprint density at radius 2 is 2.12 bits per heavy atom. The lowest BCUT2D eigenvalue weighted by molar-refractivity contribution is 0.0702. The third kappa shape index (κ3) is 4.16. The molecule has 17 heavy (non-hydrogen) atoms. The summed E-state index contributed by atoms with van der Waals surface area (Å²) in [6.07, 6.45) is 0.722. The molecule has 0 saturated carbocycles. The lowest BCUT2D eigenvalue weighted by Gasteiger charge is -2.12. The number of carbonyl (C=O) groups is 2. The number of aromatic carboxylic acids is 1. The molecule has 5 nitrogen and oxygen atoms in total. The van der Waals surface area contributed by atoms with Gasteiger partial charge in [-0.25, -0.2) is 4.79 Å². The summed E-state index contributed by atoms with van der Waals surface area (Å²) in [4.78, 5) is 23.0. The molecule has 0 saturated heterocycles. The van der Waals surface area contributed by atoms with Crippen LogP contribution in [0.1, 0.15) is 32.7 Å². The predicted molar refractivity (Wildman–Crippen MR) is 64.7 cm³/mol. The van der Waals surface area contributed by atoms with Crippen molar-refractivity contribution >= 4 is 23.2 Å². The highest BCUT2D eigenvalue weighted by Crippen LogP contribution is 2.16. The van der Waals surface area contributed by atoms with Crippen LogP contribution in [0.3, 0.4) is 0 Å². The molecule has 1 aromatic heterocycles. The second-order valence-electron chi connectivity index (χ2n) is 3.63. The van der Waals surface area contributed by atoms with Gasteiger partial charge in [0.2, 0.25) is 0 Å². The van der Waals surface area contributed by atoms with Gasteiger partial charge in [-0.15, -0.1) is 11.3 Å². The van der Waals surface area contributed by atoms with Gasteiger partial charge in [-0.05, 0) is 25.5 Å². The van der Waals surface area contributed by atoms with Crippen LogP contribution in [-0.4, -0.2) is 36.7 Å². The van der Waals surface area contributed by atoms with Gasteiger partial charge in [-0.1, -0.05) is 0 Å². The van der Waals surface area contributed by atoms with E-state index in [1.165, 1.54) is 12.1 Å². The average Bonchev–Trinajstić information content (AvgIpc) is 2.75. The first-order valence-corrected chi connectivity index (χ1v) is 5.99. The van der Waals surface area contributed by atoms with Crippen LogP contribution in [0.25, 0.3) is 0 Å². The van der Waals surface area contributed by atoms with Crippen molar-refractivity contribution in [3.8, 4) is 0 Å². The van der Waals surface area contributed by atoms with E-state index in [1.54, 1.807) is 7.11 Å². The summed E-state index contributed by atoms with van der Waals surface area (Å²) in [6, 6.07) is 2.95. The standard InChI is InChI=1S/C11H15NO4S/c1-7(5-6-16-2)12-10(13)8-3-4-9(17-8)11(14)15/h3-4,7H,5-6H2,1-2H3,(H,12,13)(H,14,15). The van der Waals surface area contributed by atoms with Gasteiger partial charge in [-0.2, -0.15) is 0 Å². The summed E-state index contributed by atoms with van der Waals surface area (Å²) < 4.78 is 4.91. The monoisotopic (exact) mass is 257 g/mol. The molecule has 0 aliphatic carbocycles. The maximum absolute atomic E-state index is 11.7. The van der Waals surface area contributed by atoms with Crippen molar-refractivity contribution in [3.63, 3.8) is 0 Å². The first kappa shape index (κ1) is 13.7. The topological polar surface area (TPSA) is 75.6 Å². The van der Waals surface area contributed by atoms with Crippen molar-refractivity contribution in [2.24, 2.45) is 0 Å². The molecule has 0 fully saturated rings. The van der Waals surface area contributed by atoms with Crippen molar-refractivity contribution in [1.29, 1.82) is 0 Å². The van der Waals surface area contributed by atoms with Crippen LogP contribution in [0.2, 0.25) is 0 Å². The number of thiophene rings is 1. The van der Waals surface area contributed by atoms with Crippen molar-refractivity contribution < 1.29 is 19.4 Å². The van der Waals surface area contributed by atoms with Gasteiger partial charge in [0.1, 0.15) is 4.88 Å². The quantitative estimate of drug-likeness (QED) is 0.811. The molecule has 0 aliphatic rings. The molecule has 1 heterocycles. The molecule has 0 aliphatic heterocycles. The lowest BCUT2D eigenvalue weighted by Crippen LogP contribution is -2.32. The zero-order chi connectivity index (χ0) is 12.8. The van der Waals surface area contributed by atoms with Gasteiger partial charge >= 0.3 is 5.97 Å². The van der Waals surface area contributed by atoms with E-state index in [-0.39, 0.29) is 16.8 Å². The minimum Gasteiger partial charge on any atom is -0.477 e. The van der Waals surface area contributed by atoms with Crippen molar-refractivity contribution in [2.75, 3.05) is 13.7 Å². The predicted octanol–water partition coefficient (Wildman–Crippen LogP) is 1.60. The van der Waals surface area contributed by atoms with Crippen LogP contribution in [0.15, 0.2) is 12.1 Å². The summed E-state index contributed by atoms with van der Waals surface area (Å²) in [5.74, 6) is -1.26. The molecule has 0 radical (unpaired) electrons. The highest BCUT2D eigenvalue weighted by atomic mass is 32.1. The summed E-state index contributed by atoms with van der Waals surface area (Å²) in [6.45, 7) is 2.45. The molecule has 1 aromatic rings. The Kier molecular flexibility index (Phi) is 5.11. The molecule has 1 rings (SSSR count). The summed E-state index contributed by atoms with van der Waals surface area (Å²) >= 11 is 0.972. The largest absolute Gasteiger partial charge is 0.477 e. The summed E-state index contributed by atoms with van der Waals surface area (Å²) in [5, 5.41) is 11.5. The Morgan fingerprint density at radius 3 is 2.65 bits per heavy atom. The van der Waals surface area contributed by atoms with Crippen LogP contribution < -0.4 is 5.32 Å². The average molecular weight is 257 g/mol. The fraction of sp³-hybridized carbons (Fsp3) is 0.455. The maximum Gasteiger partial charge on any atom is 0.345 e. The third-order valence-electron chi connectivity index (χ3n) is 2.17.